The van der Waals surface area contributed by atoms with E-state index in [2.05, 4.69) is 109 Å². The van der Waals surface area contributed by atoms with Gasteiger partial charge in [-0.3, -0.25) is 0 Å². The molecule has 0 radical (unpaired) electrons. The molecule has 0 aliphatic carbocycles. The van der Waals surface area contributed by atoms with Gasteiger partial charge in [0.2, 0.25) is 8.32 Å². The monoisotopic (exact) mass is 422 g/mol. The first-order valence-corrected chi connectivity index (χ1v) is 15.2. The Balaban J connectivity index is 3.92. The number of allylic oxidation sites excluding steroid dienone is 3. The van der Waals surface area contributed by atoms with Crippen molar-refractivity contribution < 1.29 is 4.43 Å². The second-order valence-electron chi connectivity index (χ2n) is 13.6. The predicted octanol–water partition coefficient (Wildman–Crippen LogP) is 8.70. The van der Waals surface area contributed by atoms with E-state index in [4.69, 9.17) is 4.43 Å². The fraction of sp³-hybridized carbons (Fsp3) is 0.800. The minimum absolute atomic E-state index is 0.0828. The Labute approximate surface area is 179 Å². The first-order valence-electron chi connectivity index (χ1n) is 10.8. The Morgan fingerprint density at radius 1 is 0.857 bits per heavy atom. The average molecular weight is 423 g/mol. The normalized spacial score (nSPS) is 21.2. The highest BCUT2D eigenvalue weighted by Gasteiger charge is 2.44. The van der Waals surface area contributed by atoms with Crippen molar-refractivity contribution in [3.8, 4) is 0 Å². The van der Waals surface area contributed by atoms with Gasteiger partial charge in [0.15, 0.2) is 0 Å². The Hall–Kier alpha value is -0.333. The molecule has 1 nitrogen and oxygen atoms in total. The molecule has 0 aromatic rings. The molecular formula is C25H47OPSi. The third kappa shape index (κ3) is 6.87. The molecule has 162 valence electrons. The van der Waals surface area contributed by atoms with Crippen molar-refractivity contribution in [3.63, 3.8) is 0 Å². The highest BCUT2D eigenvalue weighted by molar-refractivity contribution is 7.44. The van der Waals surface area contributed by atoms with Crippen LogP contribution in [0.1, 0.15) is 83.1 Å². The van der Waals surface area contributed by atoms with E-state index in [1.807, 2.05) is 0 Å². The molecule has 0 saturated carbocycles. The van der Waals surface area contributed by atoms with E-state index in [-0.39, 0.29) is 21.7 Å². The van der Waals surface area contributed by atoms with Crippen LogP contribution < -0.4 is 0 Å². The van der Waals surface area contributed by atoms with Crippen molar-refractivity contribution in [3.05, 3.63) is 23.0 Å². The van der Waals surface area contributed by atoms with Gasteiger partial charge >= 0.3 is 0 Å². The lowest BCUT2D eigenvalue weighted by Crippen LogP contribution is -2.33. The standard InChI is InChI=1S/C25H47OPSi/c1-22(2,3)16-17(23(4,5)6)20-19(26-28(13,14)15)18(24(7,8)9)21(27-20)25(10,11)12/h16,21H,1-15H3/b17-16+/t21-/m1/s1. The van der Waals surface area contributed by atoms with Crippen LogP contribution in [0.2, 0.25) is 19.6 Å². The van der Waals surface area contributed by atoms with Gasteiger partial charge in [-0.05, 0) is 52.4 Å². The topological polar surface area (TPSA) is 9.23 Å². The van der Waals surface area contributed by atoms with Gasteiger partial charge < -0.3 is 4.43 Å². The minimum atomic E-state index is -1.75. The Bertz CT molecular complexity index is 675. The zero-order valence-corrected chi connectivity index (χ0v) is 23.4. The van der Waals surface area contributed by atoms with Crippen LogP contribution in [0.25, 0.3) is 0 Å². The maximum absolute atomic E-state index is 6.90. The second-order valence-corrected chi connectivity index (χ2v) is 19.3. The number of hydrogen-bond acceptors (Lipinski definition) is 1. The molecule has 1 aliphatic heterocycles. The fourth-order valence-electron chi connectivity index (χ4n) is 3.56. The third-order valence-corrected chi connectivity index (χ3v) is 7.48. The summed E-state index contributed by atoms with van der Waals surface area (Å²) >= 11 is 0. The smallest absolute Gasteiger partial charge is 0.242 e. The van der Waals surface area contributed by atoms with E-state index in [9.17, 15) is 0 Å². The summed E-state index contributed by atoms with van der Waals surface area (Å²) in [6, 6.07) is 0. The quantitative estimate of drug-likeness (QED) is 0.326. The molecular weight excluding hydrogens is 375 g/mol. The van der Waals surface area contributed by atoms with Crippen molar-refractivity contribution >= 4 is 21.8 Å². The van der Waals surface area contributed by atoms with Crippen molar-refractivity contribution in [2.75, 3.05) is 0 Å². The zero-order valence-electron chi connectivity index (χ0n) is 21.5. The average Bonchev–Trinajstić information content (AvgIpc) is 2.69. The molecule has 0 unspecified atom stereocenters. The maximum atomic E-state index is 6.90. The highest BCUT2D eigenvalue weighted by atomic mass is 31.1. The summed E-state index contributed by atoms with van der Waals surface area (Å²) in [5.41, 5.74) is 3.97. The summed E-state index contributed by atoms with van der Waals surface area (Å²) in [5.74, 6) is 1.22. The van der Waals surface area contributed by atoms with Gasteiger partial charge in [0.05, 0.1) is 0 Å². The lowest BCUT2D eigenvalue weighted by atomic mass is 9.73. The fourth-order valence-corrected chi connectivity index (χ4v) is 6.57. The molecule has 1 atom stereocenters. The Morgan fingerprint density at radius 2 is 1.32 bits per heavy atom. The van der Waals surface area contributed by atoms with Crippen LogP contribution in [0, 0.1) is 21.7 Å². The summed E-state index contributed by atoms with van der Waals surface area (Å²) in [6.07, 6.45) is 2.49. The van der Waals surface area contributed by atoms with Gasteiger partial charge in [0.1, 0.15) is 5.76 Å². The van der Waals surface area contributed by atoms with E-state index < -0.39 is 8.32 Å². The van der Waals surface area contributed by atoms with Crippen LogP contribution in [0.3, 0.4) is 0 Å². The summed E-state index contributed by atoms with van der Waals surface area (Å²) < 4.78 is 6.90. The molecule has 1 rings (SSSR count). The molecule has 0 amide bonds. The van der Waals surface area contributed by atoms with Crippen LogP contribution >= 0.6 is 8.20 Å². The second kappa shape index (κ2) is 7.73. The molecule has 0 bridgehead atoms. The van der Waals surface area contributed by atoms with Gasteiger partial charge in [-0.15, -0.1) is 0 Å². The Morgan fingerprint density at radius 3 is 1.61 bits per heavy atom. The largest absolute Gasteiger partial charge is 0.544 e. The molecule has 0 aromatic carbocycles. The van der Waals surface area contributed by atoms with E-state index in [1.165, 1.54) is 30.4 Å². The van der Waals surface area contributed by atoms with Crippen LogP contribution in [0.4, 0.5) is 0 Å². The minimum Gasteiger partial charge on any atom is -0.544 e. The van der Waals surface area contributed by atoms with E-state index in [0.717, 1.165) is 0 Å². The molecule has 0 aromatic heterocycles. The molecule has 3 heteroatoms. The van der Waals surface area contributed by atoms with Gasteiger partial charge in [0.25, 0.3) is 0 Å². The van der Waals surface area contributed by atoms with Crippen molar-refractivity contribution in [1.82, 2.24) is 0 Å². The Kier molecular flexibility index (Phi) is 7.10. The van der Waals surface area contributed by atoms with Gasteiger partial charge in [-0.2, -0.15) is 0 Å². The number of hydrogen-bond donors (Lipinski definition) is 0. The van der Waals surface area contributed by atoms with Gasteiger partial charge in [0, 0.05) is 11.0 Å². The van der Waals surface area contributed by atoms with E-state index in [0.29, 0.717) is 5.66 Å². The first-order chi connectivity index (χ1) is 12.0. The van der Waals surface area contributed by atoms with E-state index in [1.54, 1.807) is 0 Å². The maximum Gasteiger partial charge on any atom is 0.242 e. The molecule has 0 N–H and O–H groups in total. The van der Waals surface area contributed by atoms with Crippen molar-refractivity contribution in [1.29, 1.82) is 0 Å². The van der Waals surface area contributed by atoms with Crippen molar-refractivity contribution in [2.45, 2.75) is 108 Å². The zero-order chi connectivity index (χ0) is 22.5. The summed E-state index contributed by atoms with van der Waals surface area (Å²) in [5, 5.41) is 1.44. The summed E-state index contributed by atoms with van der Waals surface area (Å²) in [7, 11) is -0.336. The molecule has 28 heavy (non-hydrogen) atoms. The van der Waals surface area contributed by atoms with Crippen LogP contribution in [0.15, 0.2) is 23.0 Å². The molecule has 0 saturated heterocycles. The summed E-state index contributed by atoms with van der Waals surface area (Å²) in [4.78, 5) is 0. The first kappa shape index (κ1) is 25.7. The van der Waals surface area contributed by atoms with Crippen LogP contribution in [-0.4, -0.2) is 19.3 Å². The number of rotatable bonds is 3. The molecule has 0 fully saturated rings. The SMILES string of the molecule is CC(C)(C)/C=C(\C1=P[C@@H](C(C)(C)C)C(C(C)(C)C)=C1O[Si](C)(C)C)C(C)(C)C. The van der Waals surface area contributed by atoms with Crippen molar-refractivity contribution in [2.24, 2.45) is 21.7 Å². The van der Waals surface area contributed by atoms with Gasteiger partial charge in [-0.25, -0.2) is 0 Å². The molecule has 1 aliphatic rings. The van der Waals surface area contributed by atoms with E-state index >= 15 is 0 Å². The molecule has 1 heterocycles. The lowest BCUT2D eigenvalue weighted by Gasteiger charge is -2.36. The van der Waals surface area contributed by atoms with Crippen LogP contribution in [0.5, 0.6) is 0 Å². The molecule has 0 spiro atoms. The third-order valence-electron chi connectivity index (χ3n) is 4.67. The van der Waals surface area contributed by atoms with Crippen LogP contribution in [-0.2, 0) is 4.43 Å². The summed E-state index contributed by atoms with van der Waals surface area (Å²) in [6.45, 7) is 35.1. The van der Waals surface area contributed by atoms with Gasteiger partial charge in [-0.1, -0.05) is 97.4 Å². The predicted molar refractivity (Wildman–Crippen MR) is 133 cm³/mol. The highest BCUT2D eigenvalue weighted by Crippen LogP contribution is 2.53. The lowest BCUT2D eigenvalue weighted by molar-refractivity contribution is 0.345.